The Morgan fingerprint density at radius 2 is 2.10 bits per heavy atom. The number of carbonyl (C=O) groups excluding carboxylic acids is 1. The minimum Gasteiger partial charge on any atom is -0.381 e. The fraction of sp³-hybridized carbons (Fsp3) is 0.588. The molecule has 2 aliphatic rings. The monoisotopic (exact) mass is 305 g/mol. The van der Waals surface area contributed by atoms with Crippen molar-refractivity contribution in [2.24, 2.45) is 5.41 Å². The number of benzene rings is 1. The average Bonchev–Trinajstić information content (AvgIpc) is 2.97. The third-order valence-electron chi connectivity index (χ3n) is 4.52. The molecule has 4 heteroatoms. The van der Waals surface area contributed by atoms with E-state index in [0.29, 0.717) is 12.3 Å². The zero-order valence-electron chi connectivity index (χ0n) is 12.4. The topological polar surface area (TPSA) is 29.5 Å². The highest BCUT2D eigenvalue weighted by Crippen LogP contribution is 2.38. The largest absolute Gasteiger partial charge is 0.381 e. The summed E-state index contributed by atoms with van der Waals surface area (Å²) in [6, 6.07) is 10.5. The molecule has 2 heterocycles. The summed E-state index contributed by atoms with van der Waals surface area (Å²) in [4.78, 5) is 15.5. The van der Waals surface area contributed by atoms with Crippen LogP contribution in [0.5, 0.6) is 0 Å². The number of ether oxygens (including phenoxy) is 1. The molecule has 0 unspecified atom stereocenters. The second-order valence-electron chi connectivity index (χ2n) is 6.13. The molecule has 1 aromatic carbocycles. The summed E-state index contributed by atoms with van der Waals surface area (Å²) in [6.07, 6.45) is 3.90. The zero-order valence-corrected chi connectivity index (χ0v) is 13.2. The summed E-state index contributed by atoms with van der Waals surface area (Å²) >= 11 is 1.87. The van der Waals surface area contributed by atoms with Crippen molar-refractivity contribution >= 4 is 17.7 Å². The van der Waals surface area contributed by atoms with Crippen LogP contribution in [0.3, 0.4) is 0 Å². The predicted molar refractivity (Wildman–Crippen MR) is 85.5 cm³/mol. The second-order valence-corrected chi connectivity index (χ2v) is 7.30. The molecule has 2 fully saturated rings. The molecule has 1 aromatic rings. The Kier molecular flexibility index (Phi) is 4.86. The smallest absolute Gasteiger partial charge is 0.222 e. The molecule has 0 aliphatic carbocycles. The summed E-state index contributed by atoms with van der Waals surface area (Å²) in [5.41, 5.74) is 0.264. The van der Waals surface area contributed by atoms with E-state index >= 15 is 0 Å². The number of nitrogens with zero attached hydrogens (tertiary/aromatic N) is 1. The fourth-order valence-electron chi connectivity index (χ4n) is 3.24. The van der Waals surface area contributed by atoms with Crippen LogP contribution in [-0.4, -0.2) is 42.9 Å². The van der Waals surface area contributed by atoms with Gasteiger partial charge in [-0.3, -0.25) is 4.79 Å². The molecule has 0 radical (unpaired) electrons. The van der Waals surface area contributed by atoms with E-state index in [0.717, 1.165) is 51.3 Å². The molecule has 21 heavy (non-hydrogen) atoms. The van der Waals surface area contributed by atoms with Gasteiger partial charge in [0.15, 0.2) is 0 Å². The first kappa shape index (κ1) is 14.9. The number of likely N-dealkylation sites (tertiary alicyclic amines) is 1. The predicted octanol–water partition coefficient (Wildman–Crippen LogP) is 3.20. The van der Waals surface area contributed by atoms with Crippen molar-refractivity contribution in [1.82, 2.24) is 4.90 Å². The van der Waals surface area contributed by atoms with Crippen molar-refractivity contribution in [1.29, 1.82) is 0 Å². The Morgan fingerprint density at radius 1 is 1.24 bits per heavy atom. The lowest BCUT2D eigenvalue weighted by Crippen LogP contribution is -2.47. The van der Waals surface area contributed by atoms with Gasteiger partial charge in [0.1, 0.15) is 0 Å². The Labute approximate surface area is 131 Å². The van der Waals surface area contributed by atoms with E-state index in [4.69, 9.17) is 4.74 Å². The zero-order chi connectivity index (χ0) is 14.5. The van der Waals surface area contributed by atoms with Crippen molar-refractivity contribution in [2.45, 2.75) is 30.6 Å². The van der Waals surface area contributed by atoms with Gasteiger partial charge in [0.2, 0.25) is 5.91 Å². The maximum Gasteiger partial charge on any atom is 0.222 e. The van der Waals surface area contributed by atoms with Gasteiger partial charge < -0.3 is 9.64 Å². The van der Waals surface area contributed by atoms with Gasteiger partial charge in [0.05, 0.1) is 6.61 Å². The Hall–Kier alpha value is -1.00. The summed E-state index contributed by atoms with van der Waals surface area (Å²) in [5.74, 6) is 1.40. The molecule has 1 atom stereocenters. The van der Waals surface area contributed by atoms with E-state index < -0.39 is 0 Å². The summed E-state index contributed by atoms with van der Waals surface area (Å²) in [5, 5.41) is 0. The molecule has 2 saturated heterocycles. The van der Waals surface area contributed by atoms with Crippen LogP contribution in [0.15, 0.2) is 35.2 Å². The average molecular weight is 305 g/mol. The number of rotatable bonds is 5. The van der Waals surface area contributed by atoms with E-state index in [1.54, 1.807) is 0 Å². The highest BCUT2D eigenvalue weighted by molar-refractivity contribution is 7.99. The van der Waals surface area contributed by atoms with Gasteiger partial charge in [-0.1, -0.05) is 18.2 Å². The molecule has 1 spiro atoms. The van der Waals surface area contributed by atoms with Crippen LogP contribution in [0.1, 0.15) is 25.7 Å². The van der Waals surface area contributed by atoms with E-state index in [1.165, 1.54) is 4.90 Å². The molecule has 3 rings (SSSR count). The second kappa shape index (κ2) is 6.84. The number of hydrogen-bond acceptors (Lipinski definition) is 3. The maximum absolute atomic E-state index is 12.1. The van der Waals surface area contributed by atoms with Crippen LogP contribution in [0.25, 0.3) is 0 Å². The Morgan fingerprint density at radius 3 is 2.86 bits per heavy atom. The van der Waals surface area contributed by atoms with Gasteiger partial charge in [0, 0.05) is 36.4 Å². The van der Waals surface area contributed by atoms with Crippen LogP contribution in [0.2, 0.25) is 0 Å². The molecule has 0 saturated carbocycles. The molecule has 2 aliphatic heterocycles. The lowest BCUT2D eigenvalue weighted by molar-refractivity contribution is -0.137. The highest BCUT2D eigenvalue weighted by atomic mass is 32.2. The summed E-state index contributed by atoms with van der Waals surface area (Å²) < 4.78 is 5.56. The first-order valence-electron chi connectivity index (χ1n) is 7.81. The maximum atomic E-state index is 12.1. The van der Waals surface area contributed by atoms with E-state index in [1.807, 2.05) is 17.8 Å². The minimum atomic E-state index is 0.264. The van der Waals surface area contributed by atoms with Crippen LogP contribution < -0.4 is 0 Å². The molecule has 0 N–H and O–H groups in total. The van der Waals surface area contributed by atoms with Crippen LogP contribution >= 0.6 is 11.8 Å². The summed E-state index contributed by atoms with van der Waals surface area (Å²) in [7, 11) is 0. The highest BCUT2D eigenvalue weighted by Gasteiger charge is 2.41. The lowest BCUT2D eigenvalue weighted by atomic mass is 9.79. The van der Waals surface area contributed by atoms with E-state index in [-0.39, 0.29) is 5.41 Å². The third kappa shape index (κ3) is 3.80. The van der Waals surface area contributed by atoms with E-state index in [9.17, 15) is 4.79 Å². The fourth-order valence-corrected chi connectivity index (χ4v) is 4.10. The Bertz CT molecular complexity index is 471. The van der Waals surface area contributed by atoms with E-state index in [2.05, 4.69) is 29.2 Å². The number of amides is 1. The van der Waals surface area contributed by atoms with Gasteiger partial charge in [0.25, 0.3) is 0 Å². The van der Waals surface area contributed by atoms with Crippen molar-refractivity contribution in [3.05, 3.63) is 30.3 Å². The first-order chi connectivity index (χ1) is 10.3. The first-order valence-corrected chi connectivity index (χ1v) is 8.79. The van der Waals surface area contributed by atoms with Gasteiger partial charge in [-0.05, 0) is 37.1 Å². The minimum absolute atomic E-state index is 0.264. The van der Waals surface area contributed by atoms with Crippen molar-refractivity contribution in [3.63, 3.8) is 0 Å². The number of thioether (sulfide) groups is 1. The van der Waals surface area contributed by atoms with Gasteiger partial charge >= 0.3 is 0 Å². The molecule has 0 bridgehead atoms. The standard InChI is InChI=1S/C17H23NO2S/c19-16-7-8-17(9-11-20-14-17)13-18(16)10-4-12-21-15-5-2-1-3-6-15/h1-3,5-6H,4,7-14H2/t17-/m1/s1. The number of carbonyl (C=O) groups is 1. The molecular weight excluding hydrogens is 282 g/mol. The van der Waals surface area contributed by atoms with Gasteiger partial charge in [-0.25, -0.2) is 0 Å². The number of hydrogen-bond donors (Lipinski definition) is 0. The van der Waals surface area contributed by atoms with Crippen molar-refractivity contribution in [3.8, 4) is 0 Å². The molecule has 114 valence electrons. The lowest BCUT2D eigenvalue weighted by Gasteiger charge is -2.39. The van der Waals surface area contributed by atoms with Crippen molar-refractivity contribution in [2.75, 3.05) is 32.1 Å². The van der Waals surface area contributed by atoms with Crippen LogP contribution in [0.4, 0.5) is 0 Å². The van der Waals surface area contributed by atoms with Crippen LogP contribution in [-0.2, 0) is 9.53 Å². The van der Waals surface area contributed by atoms with Crippen LogP contribution in [0, 0.1) is 5.41 Å². The Balaban J connectivity index is 1.44. The van der Waals surface area contributed by atoms with Crippen molar-refractivity contribution < 1.29 is 9.53 Å². The molecule has 1 amide bonds. The normalized spacial score (nSPS) is 25.7. The van der Waals surface area contributed by atoms with Gasteiger partial charge in [-0.15, -0.1) is 11.8 Å². The molecule has 0 aromatic heterocycles. The van der Waals surface area contributed by atoms with Gasteiger partial charge in [-0.2, -0.15) is 0 Å². The molecule has 3 nitrogen and oxygen atoms in total. The molecular formula is C17H23NO2S. The third-order valence-corrected chi connectivity index (χ3v) is 5.62. The SMILES string of the molecule is O=C1CC[C@@]2(CCOC2)CN1CCCSc1ccccc1. The quantitative estimate of drug-likeness (QED) is 0.618. The number of piperidine rings is 1. The summed E-state index contributed by atoms with van der Waals surface area (Å²) in [6.45, 7) is 3.50.